The molecule has 22 heavy (non-hydrogen) atoms. The predicted octanol–water partition coefficient (Wildman–Crippen LogP) is 2.98. The van der Waals surface area contributed by atoms with Crippen LogP contribution in [0.5, 0.6) is 11.5 Å². The Bertz CT molecular complexity index is 447. The first-order chi connectivity index (χ1) is 10.8. The molecule has 3 atom stereocenters. The van der Waals surface area contributed by atoms with E-state index in [1.54, 1.807) is 7.11 Å². The van der Waals surface area contributed by atoms with Gasteiger partial charge in [0.25, 0.3) is 0 Å². The summed E-state index contributed by atoms with van der Waals surface area (Å²) < 4.78 is 26.8. The molecule has 0 radical (unpaired) electrons. The molecule has 0 spiro atoms. The van der Waals surface area contributed by atoms with Crippen molar-refractivity contribution in [3.05, 3.63) is 24.3 Å². The fourth-order valence-electron chi connectivity index (χ4n) is 2.93. The fraction of sp³-hybridized carbons (Fsp3) is 0.647. The first kappa shape index (κ1) is 15.6. The summed E-state index contributed by atoms with van der Waals surface area (Å²) in [7, 11) is 1.60. The van der Waals surface area contributed by atoms with Gasteiger partial charge in [-0.05, 0) is 55.9 Å². The SMILES string of the molecule is COCOc1ccc(OCOCCC2CCC3OC3C2)cc1. The van der Waals surface area contributed by atoms with Crippen LogP contribution in [-0.2, 0) is 14.2 Å². The molecule has 0 amide bonds. The highest BCUT2D eigenvalue weighted by Gasteiger charge is 2.43. The minimum atomic E-state index is 0.247. The summed E-state index contributed by atoms with van der Waals surface area (Å²) in [6.07, 6.45) is 5.93. The number of epoxide rings is 1. The molecule has 1 aliphatic carbocycles. The molecule has 2 aliphatic rings. The van der Waals surface area contributed by atoms with Crippen LogP contribution in [0.4, 0.5) is 0 Å². The Morgan fingerprint density at radius 2 is 1.73 bits per heavy atom. The summed E-state index contributed by atoms with van der Waals surface area (Å²) in [5, 5.41) is 0. The summed E-state index contributed by atoms with van der Waals surface area (Å²) in [5.74, 6) is 2.28. The quantitative estimate of drug-likeness (QED) is 0.399. The molecule has 1 heterocycles. The molecule has 2 fully saturated rings. The van der Waals surface area contributed by atoms with Crippen molar-refractivity contribution in [3.8, 4) is 11.5 Å². The topological polar surface area (TPSA) is 49.5 Å². The second-order valence-electron chi connectivity index (χ2n) is 5.87. The Kier molecular flexibility index (Phi) is 5.53. The molecule has 3 rings (SSSR count). The van der Waals surface area contributed by atoms with E-state index in [0.29, 0.717) is 12.2 Å². The van der Waals surface area contributed by atoms with Crippen molar-refractivity contribution in [2.75, 3.05) is 27.3 Å². The highest BCUT2D eigenvalue weighted by molar-refractivity contribution is 5.31. The van der Waals surface area contributed by atoms with Gasteiger partial charge in [0.1, 0.15) is 11.5 Å². The lowest BCUT2D eigenvalue weighted by atomic mass is 9.87. The van der Waals surface area contributed by atoms with Gasteiger partial charge >= 0.3 is 0 Å². The van der Waals surface area contributed by atoms with Gasteiger partial charge < -0.3 is 23.7 Å². The highest BCUT2D eigenvalue weighted by atomic mass is 16.7. The number of hydrogen-bond acceptors (Lipinski definition) is 5. The summed E-state index contributed by atoms with van der Waals surface area (Å²) in [4.78, 5) is 0. The maximum absolute atomic E-state index is 5.57. The second-order valence-corrected chi connectivity index (χ2v) is 5.87. The average molecular weight is 308 g/mol. The number of rotatable bonds is 9. The van der Waals surface area contributed by atoms with Crippen LogP contribution in [0.25, 0.3) is 0 Å². The zero-order valence-electron chi connectivity index (χ0n) is 13.0. The zero-order chi connectivity index (χ0) is 15.2. The lowest BCUT2D eigenvalue weighted by Crippen LogP contribution is -2.16. The van der Waals surface area contributed by atoms with Crippen LogP contribution in [0.15, 0.2) is 24.3 Å². The van der Waals surface area contributed by atoms with Gasteiger partial charge in [-0.1, -0.05) is 0 Å². The lowest BCUT2D eigenvalue weighted by Gasteiger charge is -2.18. The maximum Gasteiger partial charge on any atom is 0.189 e. The van der Waals surface area contributed by atoms with Crippen molar-refractivity contribution >= 4 is 0 Å². The van der Waals surface area contributed by atoms with Crippen LogP contribution < -0.4 is 9.47 Å². The zero-order valence-corrected chi connectivity index (χ0v) is 13.0. The molecule has 1 aliphatic heterocycles. The van der Waals surface area contributed by atoms with Gasteiger partial charge in [-0.3, -0.25) is 0 Å². The molecule has 1 aromatic carbocycles. The monoisotopic (exact) mass is 308 g/mol. The molecule has 1 saturated heterocycles. The molecule has 0 bridgehead atoms. The normalized spacial score (nSPS) is 26.3. The molecule has 3 unspecified atom stereocenters. The smallest absolute Gasteiger partial charge is 0.189 e. The van der Waals surface area contributed by atoms with E-state index < -0.39 is 0 Å². The first-order valence-electron chi connectivity index (χ1n) is 7.93. The van der Waals surface area contributed by atoms with Gasteiger partial charge in [-0.25, -0.2) is 0 Å². The minimum absolute atomic E-state index is 0.247. The van der Waals surface area contributed by atoms with E-state index >= 15 is 0 Å². The van der Waals surface area contributed by atoms with Gasteiger partial charge in [-0.15, -0.1) is 0 Å². The van der Waals surface area contributed by atoms with Crippen molar-refractivity contribution in [2.24, 2.45) is 5.92 Å². The van der Waals surface area contributed by atoms with E-state index in [-0.39, 0.29) is 13.6 Å². The van der Waals surface area contributed by atoms with Crippen molar-refractivity contribution in [3.63, 3.8) is 0 Å². The van der Waals surface area contributed by atoms with Gasteiger partial charge in [0.2, 0.25) is 0 Å². The van der Waals surface area contributed by atoms with E-state index in [2.05, 4.69) is 0 Å². The fourth-order valence-corrected chi connectivity index (χ4v) is 2.93. The van der Waals surface area contributed by atoms with Crippen LogP contribution in [0.3, 0.4) is 0 Å². The second kappa shape index (κ2) is 7.81. The predicted molar refractivity (Wildman–Crippen MR) is 81.0 cm³/mol. The van der Waals surface area contributed by atoms with E-state index in [0.717, 1.165) is 30.4 Å². The summed E-state index contributed by atoms with van der Waals surface area (Å²) in [6.45, 7) is 1.28. The number of fused-ring (bicyclic) bond motifs is 1. The Morgan fingerprint density at radius 3 is 2.41 bits per heavy atom. The number of hydrogen-bond donors (Lipinski definition) is 0. The Balaban J connectivity index is 1.26. The summed E-state index contributed by atoms with van der Waals surface area (Å²) in [5.41, 5.74) is 0. The number of benzene rings is 1. The van der Waals surface area contributed by atoms with Crippen molar-refractivity contribution in [1.82, 2.24) is 0 Å². The largest absolute Gasteiger partial charge is 0.468 e. The number of ether oxygens (including phenoxy) is 5. The van der Waals surface area contributed by atoms with E-state index in [9.17, 15) is 0 Å². The van der Waals surface area contributed by atoms with E-state index in [1.807, 2.05) is 24.3 Å². The van der Waals surface area contributed by atoms with Crippen LogP contribution in [0.2, 0.25) is 0 Å². The third-order valence-electron chi connectivity index (χ3n) is 4.26. The Morgan fingerprint density at radius 1 is 1.00 bits per heavy atom. The third-order valence-corrected chi connectivity index (χ3v) is 4.26. The highest BCUT2D eigenvalue weighted by Crippen LogP contribution is 2.40. The van der Waals surface area contributed by atoms with Crippen LogP contribution in [-0.4, -0.2) is 39.5 Å². The molecule has 122 valence electrons. The molecule has 5 nitrogen and oxygen atoms in total. The first-order valence-corrected chi connectivity index (χ1v) is 7.93. The van der Waals surface area contributed by atoms with Crippen LogP contribution in [0.1, 0.15) is 25.7 Å². The van der Waals surface area contributed by atoms with Crippen molar-refractivity contribution in [1.29, 1.82) is 0 Å². The van der Waals surface area contributed by atoms with Gasteiger partial charge in [0.15, 0.2) is 13.6 Å². The van der Waals surface area contributed by atoms with E-state index in [1.165, 1.54) is 19.3 Å². The lowest BCUT2D eigenvalue weighted by molar-refractivity contribution is 0.00786. The average Bonchev–Trinajstić information content (AvgIpc) is 3.32. The summed E-state index contributed by atoms with van der Waals surface area (Å²) in [6, 6.07) is 7.42. The Labute approximate surface area is 131 Å². The summed E-state index contributed by atoms with van der Waals surface area (Å²) >= 11 is 0. The van der Waals surface area contributed by atoms with Crippen LogP contribution >= 0.6 is 0 Å². The molecule has 1 saturated carbocycles. The van der Waals surface area contributed by atoms with Crippen LogP contribution in [0, 0.1) is 5.92 Å². The van der Waals surface area contributed by atoms with Gasteiger partial charge in [-0.2, -0.15) is 0 Å². The van der Waals surface area contributed by atoms with Crippen molar-refractivity contribution < 1.29 is 23.7 Å². The van der Waals surface area contributed by atoms with Crippen molar-refractivity contribution in [2.45, 2.75) is 37.9 Å². The standard InChI is InChI=1S/C17H24O5/c1-18-11-20-14-3-5-15(6-4-14)21-12-19-9-8-13-2-7-16-17(10-13)22-16/h3-6,13,16-17H,2,7-12H2,1H3. The van der Waals surface area contributed by atoms with Gasteiger partial charge in [0, 0.05) is 7.11 Å². The minimum Gasteiger partial charge on any atom is -0.468 e. The molecule has 0 aromatic heterocycles. The number of methoxy groups -OCH3 is 1. The maximum atomic E-state index is 5.57. The molecule has 5 heteroatoms. The molecular formula is C17H24O5. The van der Waals surface area contributed by atoms with Gasteiger partial charge in [0.05, 0.1) is 18.8 Å². The molecule has 0 N–H and O–H groups in total. The molecular weight excluding hydrogens is 284 g/mol. The third kappa shape index (κ3) is 4.60. The molecule has 1 aromatic rings. The Hall–Kier alpha value is -1.30. The van der Waals surface area contributed by atoms with E-state index in [4.69, 9.17) is 23.7 Å².